The number of carbonyl (C=O) groups excluding carboxylic acids is 2. The van der Waals surface area contributed by atoms with Gasteiger partial charge in [-0.1, -0.05) is 6.07 Å². The Labute approximate surface area is 101 Å². The molecule has 0 aliphatic carbocycles. The number of ketones is 1. The average molecular weight is 255 g/mol. The molecule has 1 amide bonds. The van der Waals surface area contributed by atoms with Gasteiger partial charge in [0.15, 0.2) is 0 Å². The highest BCUT2D eigenvalue weighted by atomic mass is 32.1. The first-order valence-corrected chi connectivity index (χ1v) is 5.48. The first kappa shape index (κ1) is 13.2. The van der Waals surface area contributed by atoms with E-state index in [9.17, 15) is 18.2 Å². The molecule has 0 bridgehead atoms. The zero-order valence-corrected chi connectivity index (χ0v) is 10.1. The Bertz CT molecular complexity index is 523. The molecule has 0 aromatic heterocycles. The molecule has 0 aliphatic heterocycles. The predicted octanol–water partition coefficient (Wildman–Crippen LogP) is 0.681. The molecular weight excluding hydrogens is 245 g/mol. The van der Waals surface area contributed by atoms with Crippen LogP contribution in [0.5, 0.6) is 0 Å². The summed E-state index contributed by atoms with van der Waals surface area (Å²) in [6.45, 7) is 1.69. The SMILES string of the molecule is Cc1ccc(F)cc1N(C)C(=O)C(=O)C=S=O. The van der Waals surface area contributed by atoms with Gasteiger partial charge in [0.2, 0.25) is 0 Å². The van der Waals surface area contributed by atoms with Gasteiger partial charge in [-0.15, -0.1) is 0 Å². The molecule has 0 saturated heterocycles. The Kier molecular flexibility index (Phi) is 4.28. The summed E-state index contributed by atoms with van der Waals surface area (Å²) in [5.74, 6) is -2.29. The Morgan fingerprint density at radius 3 is 2.65 bits per heavy atom. The molecular formula is C11H10FNO3S. The summed E-state index contributed by atoms with van der Waals surface area (Å²) in [6, 6.07) is 3.93. The minimum absolute atomic E-state index is 0.0881. The third kappa shape index (κ3) is 3.07. The highest BCUT2D eigenvalue weighted by molar-refractivity contribution is 7.67. The van der Waals surface area contributed by atoms with Crippen LogP contribution in [-0.2, 0) is 20.8 Å². The van der Waals surface area contributed by atoms with Gasteiger partial charge in [0, 0.05) is 12.7 Å². The van der Waals surface area contributed by atoms with Crippen LogP contribution in [0.4, 0.5) is 10.1 Å². The molecule has 1 aromatic rings. The Balaban J connectivity index is 3.08. The van der Waals surface area contributed by atoms with E-state index in [-0.39, 0.29) is 11.3 Å². The van der Waals surface area contributed by atoms with Gasteiger partial charge >= 0.3 is 0 Å². The van der Waals surface area contributed by atoms with E-state index in [4.69, 9.17) is 0 Å². The molecule has 17 heavy (non-hydrogen) atoms. The number of rotatable bonds is 3. The lowest BCUT2D eigenvalue weighted by molar-refractivity contribution is -0.132. The van der Waals surface area contributed by atoms with Crippen molar-refractivity contribution in [1.29, 1.82) is 0 Å². The van der Waals surface area contributed by atoms with Gasteiger partial charge < -0.3 is 4.90 Å². The topological polar surface area (TPSA) is 54.5 Å². The third-order valence-electron chi connectivity index (χ3n) is 2.20. The van der Waals surface area contributed by atoms with Crippen molar-refractivity contribution in [2.45, 2.75) is 6.92 Å². The number of hydrogen-bond acceptors (Lipinski definition) is 3. The van der Waals surface area contributed by atoms with Crippen LogP contribution in [0.15, 0.2) is 18.2 Å². The second-order valence-corrected chi connectivity index (χ2v) is 3.80. The number of hydrogen-bond donors (Lipinski definition) is 0. The fraction of sp³-hybridized carbons (Fsp3) is 0.182. The maximum absolute atomic E-state index is 13.0. The summed E-state index contributed by atoms with van der Waals surface area (Å²) in [6.07, 6.45) is 0. The molecule has 0 aliphatic rings. The zero-order chi connectivity index (χ0) is 13.0. The van der Waals surface area contributed by atoms with Crippen LogP contribution in [0.2, 0.25) is 0 Å². The molecule has 4 nitrogen and oxygen atoms in total. The van der Waals surface area contributed by atoms with Crippen molar-refractivity contribution in [2.24, 2.45) is 0 Å². The molecule has 0 atom stereocenters. The van der Waals surface area contributed by atoms with Crippen LogP contribution in [-0.4, -0.2) is 28.3 Å². The monoisotopic (exact) mass is 255 g/mol. The number of halogens is 1. The van der Waals surface area contributed by atoms with Crippen molar-refractivity contribution in [3.63, 3.8) is 0 Å². The van der Waals surface area contributed by atoms with Gasteiger partial charge in [-0.25, -0.2) is 8.60 Å². The second-order valence-electron chi connectivity index (χ2n) is 3.37. The fourth-order valence-electron chi connectivity index (χ4n) is 1.31. The van der Waals surface area contributed by atoms with Crippen LogP contribution in [0.1, 0.15) is 5.56 Å². The normalized spacial score (nSPS) is 9.59. The molecule has 0 fully saturated rings. The number of Topliss-reactive ketones (excluding diaryl/α,β-unsaturated/α-hetero) is 1. The van der Waals surface area contributed by atoms with E-state index in [1.165, 1.54) is 19.2 Å². The van der Waals surface area contributed by atoms with E-state index < -0.39 is 17.5 Å². The van der Waals surface area contributed by atoms with Crippen molar-refractivity contribution < 1.29 is 18.2 Å². The van der Waals surface area contributed by atoms with Crippen LogP contribution in [0.3, 0.4) is 0 Å². The van der Waals surface area contributed by atoms with Gasteiger partial charge in [-0.2, -0.15) is 0 Å². The Hall–Kier alpha value is -1.82. The van der Waals surface area contributed by atoms with Crippen LogP contribution < -0.4 is 4.90 Å². The van der Waals surface area contributed by atoms with Crippen molar-refractivity contribution in [1.82, 2.24) is 0 Å². The largest absolute Gasteiger partial charge is 0.308 e. The van der Waals surface area contributed by atoms with Crippen molar-refractivity contribution in [3.05, 3.63) is 29.6 Å². The minimum Gasteiger partial charge on any atom is -0.308 e. The summed E-state index contributed by atoms with van der Waals surface area (Å²) in [5.41, 5.74) is 0.956. The number of anilines is 1. The summed E-state index contributed by atoms with van der Waals surface area (Å²) in [5, 5.41) is 0.674. The minimum atomic E-state index is -0.920. The lowest BCUT2D eigenvalue weighted by Crippen LogP contribution is -2.34. The molecule has 6 heteroatoms. The highest BCUT2D eigenvalue weighted by Gasteiger charge is 2.19. The second kappa shape index (κ2) is 5.49. The molecule has 1 rings (SSSR count). The molecule has 0 N–H and O–H groups in total. The fourth-order valence-corrected chi connectivity index (χ4v) is 1.50. The van der Waals surface area contributed by atoms with E-state index >= 15 is 0 Å². The first-order valence-electron chi connectivity index (χ1n) is 4.67. The van der Waals surface area contributed by atoms with Gasteiger partial charge in [-0.05, 0) is 24.6 Å². The number of aryl methyl sites for hydroxylation is 1. The van der Waals surface area contributed by atoms with Crippen LogP contribution in [0, 0.1) is 12.7 Å². The van der Waals surface area contributed by atoms with Crippen LogP contribution >= 0.6 is 0 Å². The summed E-state index contributed by atoms with van der Waals surface area (Å²) in [4.78, 5) is 23.8. The average Bonchev–Trinajstić information content (AvgIpc) is 2.30. The molecule has 0 radical (unpaired) electrons. The Morgan fingerprint density at radius 2 is 2.06 bits per heavy atom. The third-order valence-corrected chi connectivity index (χ3v) is 2.51. The summed E-state index contributed by atoms with van der Waals surface area (Å²) in [7, 11) is 1.35. The van der Waals surface area contributed by atoms with E-state index in [1.54, 1.807) is 6.92 Å². The molecule has 0 unspecified atom stereocenters. The van der Waals surface area contributed by atoms with Gasteiger partial charge in [0.1, 0.15) is 5.82 Å². The molecule has 90 valence electrons. The van der Waals surface area contributed by atoms with Crippen molar-refractivity contribution in [2.75, 3.05) is 11.9 Å². The highest BCUT2D eigenvalue weighted by Crippen LogP contribution is 2.19. The Morgan fingerprint density at radius 1 is 1.41 bits per heavy atom. The molecule has 0 saturated carbocycles. The summed E-state index contributed by atoms with van der Waals surface area (Å²) >= 11 is -0.0881. The number of carbonyl (C=O) groups is 2. The molecule has 1 aromatic carbocycles. The van der Waals surface area contributed by atoms with Crippen LogP contribution in [0.25, 0.3) is 0 Å². The zero-order valence-electron chi connectivity index (χ0n) is 9.27. The first-order chi connectivity index (χ1) is 7.97. The van der Waals surface area contributed by atoms with Crippen molar-refractivity contribution in [3.8, 4) is 0 Å². The maximum atomic E-state index is 13.0. The summed E-state index contributed by atoms with van der Waals surface area (Å²) < 4.78 is 23.2. The van der Waals surface area contributed by atoms with E-state index in [0.717, 1.165) is 11.0 Å². The van der Waals surface area contributed by atoms with Gasteiger partial charge in [0.25, 0.3) is 11.7 Å². The number of amides is 1. The van der Waals surface area contributed by atoms with Gasteiger partial charge in [0.05, 0.1) is 16.6 Å². The maximum Gasteiger partial charge on any atom is 0.299 e. The van der Waals surface area contributed by atoms with E-state index in [0.29, 0.717) is 16.6 Å². The quantitative estimate of drug-likeness (QED) is 0.589. The lowest BCUT2D eigenvalue weighted by atomic mass is 10.1. The smallest absolute Gasteiger partial charge is 0.299 e. The number of benzene rings is 1. The van der Waals surface area contributed by atoms with E-state index in [1.807, 2.05) is 0 Å². The molecule has 0 spiro atoms. The van der Waals surface area contributed by atoms with Crippen molar-refractivity contribution >= 4 is 34.0 Å². The molecule has 0 heterocycles. The van der Waals surface area contributed by atoms with Gasteiger partial charge in [-0.3, -0.25) is 9.59 Å². The lowest BCUT2D eigenvalue weighted by Gasteiger charge is -2.17. The standard InChI is InChI=1S/C11H10FNO3S/c1-7-3-4-8(12)5-9(7)13(2)11(15)10(14)6-17-16/h3-6H,1-2H3. The number of likely N-dealkylation sites (N-methyl/N-ethyl adjacent to an activating group) is 1. The van der Waals surface area contributed by atoms with E-state index in [2.05, 4.69) is 0 Å². The number of nitrogens with zero attached hydrogens (tertiary/aromatic N) is 1. The predicted molar refractivity (Wildman–Crippen MR) is 63.8 cm³/mol.